The van der Waals surface area contributed by atoms with Gasteiger partial charge in [-0.15, -0.1) is 0 Å². The quantitative estimate of drug-likeness (QED) is 0.708. The Labute approximate surface area is 163 Å². The fourth-order valence-electron chi connectivity index (χ4n) is 2.37. The van der Waals surface area contributed by atoms with Crippen LogP contribution in [0.4, 0.5) is 5.69 Å². The molecule has 3 rings (SSSR count). The number of benzene rings is 2. The van der Waals surface area contributed by atoms with Crippen molar-refractivity contribution in [2.45, 2.75) is 6.92 Å². The van der Waals surface area contributed by atoms with Gasteiger partial charge in [0.1, 0.15) is 0 Å². The van der Waals surface area contributed by atoms with Gasteiger partial charge in [0.25, 0.3) is 5.91 Å². The van der Waals surface area contributed by atoms with E-state index in [9.17, 15) is 9.59 Å². The number of carboxylic acid groups (broad SMARTS) is 1. The second-order valence-electron chi connectivity index (χ2n) is 5.46. The molecule has 0 aromatic heterocycles. The number of amidine groups is 1. The highest BCUT2D eigenvalue weighted by molar-refractivity contribution is 9.10. The number of carbonyl (C=O) groups is 2. The maximum atomic E-state index is 12.6. The average Bonchev–Trinajstić information content (AvgIpc) is 2.92. The molecule has 1 saturated heterocycles. The Hall–Kier alpha value is -2.38. The Morgan fingerprint density at radius 2 is 1.85 bits per heavy atom. The van der Waals surface area contributed by atoms with E-state index in [2.05, 4.69) is 20.9 Å². The Morgan fingerprint density at radius 3 is 2.42 bits per heavy atom. The number of nitrogens with zero attached hydrogens (tertiary/aromatic N) is 2. The number of carboxylic acids is 1. The molecule has 7 heteroatoms. The molecule has 0 atom stereocenters. The molecule has 0 bridgehead atoms. The van der Waals surface area contributed by atoms with Gasteiger partial charge in [0.15, 0.2) is 5.17 Å². The first-order valence-corrected chi connectivity index (χ1v) is 9.48. The number of carbonyl (C=O) groups excluding carboxylic acids is 1. The molecule has 1 aliphatic rings. The molecule has 0 radical (unpaired) electrons. The molecule has 1 amide bonds. The van der Waals surface area contributed by atoms with Gasteiger partial charge in [-0.3, -0.25) is 9.69 Å². The summed E-state index contributed by atoms with van der Waals surface area (Å²) in [6, 6.07) is 14.0. The van der Waals surface area contributed by atoms with Crippen LogP contribution in [0.1, 0.15) is 22.8 Å². The van der Waals surface area contributed by atoms with Crippen molar-refractivity contribution >= 4 is 56.5 Å². The van der Waals surface area contributed by atoms with Crippen molar-refractivity contribution in [1.82, 2.24) is 4.90 Å². The zero-order valence-electron chi connectivity index (χ0n) is 13.8. The average molecular weight is 431 g/mol. The van der Waals surface area contributed by atoms with Crippen molar-refractivity contribution in [3.8, 4) is 0 Å². The number of halogens is 1. The minimum Gasteiger partial charge on any atom is -0.478 e. The van der Waals surface area contributed by atoms with Crippen LogP contribution in [0.3, 0.4) is 0 Å². The van der Waals surface area contributed by atoms with Crippen LogP contribution in [0.2, 0.25) is 0 Å². The van der Waals surface area contributed by atoms with Crippen LogP contribution in [-0.2, 0) is 4.79 Å². The van der Waals surface area contributed by atoms with Crippen LogP contribution in [0.25, 0.3) is 6.08 Å². The Balaban J connectivity index is 1.89. The van der Waals surface area contributed by atoms with E-state index < -0.39 is 5.97 Å². The smallest absolute Gasteiger partial charge is 0.335 e. The lowest BCUT2D eigenvalue weighted by Gasteiger charge is -2.12. The lowest BCUT2D eigenvalue weighted by atomic mass is 10.2. The molecule has 1 N–H and O–H groups in total. The Bertz CT molecular complexity index is 905. The van der Waals surface area contributed by atoms with Gasteiger partial charge in [-0.2, -0.15) is 0 Å². The fourth-order valence-corrected chi connectivity index (χ4v) is 3.70. The van der Waals surface area contributed by atoms with E-state index in [1.807, 2.05) is 37.3 Å². The van der Waals surface area contributed by atoms with Gasteiger partial charge in [-0.1, -0.05) is 28.1 Å². The highest BCUT2D eigenvalue weighted by Gasteiger charge is 2.32. The summed E-state index contributed by atoms with van der Waals surface area (Å²) >= 11 is 4.71. The van der Waals surface area contributed by atoms with Gasteiger partial charge < -0.3 is 5.11 Å². The van der Waals surface area contributed by atoms with Crippen molar-refractivity contribution < 1.29 is 14.7 Å². The monoisotopic (exact) mass is 430 g/mol. The lowest BCUT2D eigenvalue weighted by Crippen LogP contribution is -2.28. The summed E-state index contributed by atoms with van der Waals surface area (Å²) < 4.78 is 0.979. The molecule has 1 heterocycles. The van der Waals surface area contributed by atoms with E-state index in [0.29, 0.717) is 22.3 Å². The lowest BCUT2D eigenvalue weighted by molar-refractivity contribution is -0.122. The van der Waals surface area contributed by atoms with Crippen molar-refractivity contribution in [2.75, 3.05) is 6.54 Å². The number of rotatable bonds is 4. The highest BCUT2D eigenvalue weighted by Crippen LogP contribution is 2.34. The number of likely N-dealkylation sites (N-methyl/N-ethyl adjacent to an activating group) is 1. The topological polar surface area (TPSA) is 70.0 Å². The standard InChI is InChI=1S/C19H15BrN2O3S/c1-2-22-17(23)16(11-12-3-7-14(20)8-4-12)26-19(22)21-15-9-5-13(6-10-15)18(24)25/h3-11H,2H2,1H3,(H,24,25)/b16-11+,21-19?. The maximum Gasteiger partial charge on any atom is 0.335 e. The van der Waals surface area contributed by atoms with Crippen LogP contribution >= 0.6 is 27.7 Å². The summed E-state index contributed by atoms with van der Waals surface area (Å²) in [7, 11) is 0. The Morgan fingerprint density at radius 1 is 1.19 bits per heavy atom. The molecule has 2 aromatic carbocycles. The van der Waals surface area contributed by atoms with Crippen molar-refractivity contribution in [1.29, 1.82) is 0 Å². The zero-order valence-corrected chi connectivity index (χ0v) is 16.3. The summed E-state index contributed by atoms with van der Waals surface area (Å²) in [5, 5.41) is 9.55. The molecular formula is C19H15BrN2O3S. The van der Waals surface area contributed by atoms with E-state index in [4.69, 9.17) is 5.11 Å². The molecule has 0 saturated carbocycles. The van der Waals surface area contributed by atoms with E-state index >= 15 is 0 Å². The van der Waals surface area contributed by atoms with E-state index in [1.165, 1.54) is 23.9 Å². The van der Waals surface area contributed by atoms with E-state index in [0.717, 1.165) is 10.0 Å². The predicted molar refractivity (Wildman–Crippen MR) is 108 cm³/mol. The van der Waals surface area contributed by atoms with Gasteiger partial charge in [0.05, 0.1) is 16.2 Å². The Kier molecular flexibility index (Phi) is 5.58. The third kappa shape index (κ3) is 4.05. The summed E-state index contributed by atoms with van der Waals surface area (Å²) in [5.74, 6) is -1.06. The van der Waals surface area contributed by atoms with E-state index in [1.54, 1.807) is 17.0 Å². The van der Waals surface area contributed by atoms with E-state index in [-0.39, 0.29) is 11.5 Å². The van der Waals surface area contributed by atoms with Crippen LogP contribution < -0.4 is 0 Å². The molecule has 2 aromatic rings. The van der Waals surface area contributed by atoms with Gasteiger partial charge in [0.2, 0.25) is 0 Å². The minimum absolute atomic E-state index is 0.0821. The van der Waals surface area contributed by atoms with Crippen LogP contribution in [0.15, 0.2) is 62.9 Å². The van der Waals surface area contributed by atoms with Gasteiger partial charge in [0, 0.05) is 11.0 Å². The number of thioether (sulfide) groups is 1. The number of hydrogen-bond donors (Lipinski definition) is 1. The normalized spacial score (nSPS) is 17.3. The summed E-state index contributed by atoms with van der Waals surface area (Å²) in [4.78, 5) is 30.3. The number of aliphatic imine (C=N–C) groups is 1. The molecule has 1 fully saturated rings. The van der Waals surface area contributed by atoms with Crippen molar-refractivity contribution in [3.63, 3.8) is 0 Å². The summed E-state index contributed by atoms with van der Waals surface area (Å²) in [6.45, 7) is 2.40. The van der Waals surface area contributed by atoms with Gasteiger partial charge >= 0.3 is 5.97 Å². The molecule has 0 spiro atoms. The van der Waals surface area contributed by atoms with Crippen LogP contribution in [0.5, 0.6) is 0 Å². The molecule has 0 unspecified atom stereocenters. The van der Waals surface area contributed by atoms with Gasteiger partial charge in [-0.05, 0) is 66.7 Å². The highest BCUT2D eigenvalue weighted by atomic mass is 79.9. The van der Waals surface area contributed by atoms with Crippen LogP contribution in [0, 0.1) is 0 Å². The summed E-state index contributed by atoms with van der Waals surface area (Å²) in [5.41, 5.74) is 1.74. The van der Waals surface area contributed by atoms with Gasteiger partial charge in [-0.25, -0.2) is 9.79 Å². The van der Waals surface area contributed by atoms with Crippen LogP contribution in [-0.4, -0.2) is 33.6 Å². The second-order valence-corrected chi connectivity index (χ2v) is 7.38. The predicted octanol–water partition coefficient (Wildman–Crippen LogP) is 4.77. The minimum atomic E-state index is -0.982. The first-order valence-electron chi connectivity index (χ1n) is 7.87. The molecule has 132 valence electrons. The first kappa shape index (κ1) is 18.4. The van der Waals surface area contributed by atoms with Crippen molar-refractivity contribution in [2.24, 2.45) is 4.99 Å². The third-order valence-electron chi connectivity index (χ3n) is 3.71. The third-order valence-corrected chi connectivity index (χ3v) is 5.25. The molecule has 26 heavy (non-hydrogen) atoms. The number of hydrogen-bond acceptors (Lipinski definition) is 4. The number of amides is 1. The largest absolute Gasteiger partial charge is 0.478 e. The molecule has 1 aliphatic heterocycles. The zero-order chi connectivity index (χ0) is 18.7. The molecular weight excluding hydrogens is 416 g/mol. The molecule has 0 aliphatic carbocycles. The maximum absolute atomic E-state index is 12.6. The second kappa shape index (κ2) is 7.88. The SMILES string of the molecule is CCN1C(=O)/C(=C\c2ccc(Br)cc2)SC1=Nc1ccc(C(=O)O)cc1. The van der Waals surface area contributed by atoms with Crippen molar-refractivity contribution in [3.05, 3.63) is 69.0 Å². The first-order chi connectivity index (χ1) is 12.5. The fraction of sp³-hybridized carbons (Fsp3) is 0.105. The number of aromatic carboxylic acids is 1. The molecule has 5 nitrogen and oxygen atoms in total. The summed E-state index contributed by atoms with van der Waals surface area (Å²) in [6.07, 6.45) is 1.85.